The van der Waals surface area contributed by atoms with Gasteiger partial charge in [0.25, 0.3) is 0 Å². The molecule has 1 atom stereocenters. The Labute approximate surface area is 153 Å². The van der Waals surface area contributed by atoms with Crippen molar-refractivity contribution >= 4 is 5.91 Å². The maximum Gasteiger partial charge on any atom is 0.225 e. The smallest absolute Gasteiger partial charge is 0.225 e. The van der Waals surface area contributed by atoms with Crippen molar-refractivity contribution in [3.63, 3.8) is 0 Å². The molecule has 0 radical (unpaired) electrons. The van der Waals surface area contributed by atoms with E-state index in [-0.39, 0.29) is 18.4 Å². The maximum atomic E-state index is 12.8. The number of rotatable bonds is 5. The van der Waals surface area contributed by atoms with E-state index in [1.165, 1.54) is 0 Å². The first-order chi connectivity index (χ1) is 12.5. The molecule has 1 N–H and O–H groups in total. The highest BCUT2D eigenvalue weighted by atomic mass is 16.5. The summed E-state index contributed by atoms with van der Waals surface area (Å²) in [5.74, 6) is 0.618. The molecule has 5 nitrogen and oxygen atoms in total. The molecule has 1 unspecified atom stereocenters. The van der Waals surface area contributed by atoms with Crippen molar-refractivity contribution in [3.05, 3.63) is 82.0 Å². The van der Waals surface area contributed by atoms with E-state index in [1.807, 2.05) is 26.0 Å². The lowest BCUT2D eigenvalue weighted by Gasteiger charge is -2.22. The zero-order valence-corrected chi connectivity index (χ0v) is 15.5. The molecule has 1 amide bonds. The highest BCUT2D eigenvalue weighted by Crippen LogP contribution is 2.26. The van der Waals surface area contributed by atoms with Crippen LogP contribution in [-0.2, 0) is 11.2 Å². The van der Waals surface area contributed by atoms with Gasteiger partial charge < -0.3 is 9.84 Å². The molecule has 5 heteroatoms. The summed E-state index contributed by atoms with van der Waals surface area (Å²) >= 11 is 0. The van der Waals surface area contributed by atoms with Crippen molar-refractivity contribution in [2.24, 2.45) is 0 Å². The fraction of sp³-hybridized carbons (Fsp3) is 0.286. The van der Waals surface area contributed by atoms with Gasteiger partial charge in [0.15, 0.2) is 0 Å². The normalized spacial score (nSPS) is 12.0. The maximum absolute atomic E-state index is 12.8. The molecule has 2 heterocycles. The number of nitrogens with zero attached hydrogens (tertiary/aromatic N) is 2. The minimum absolute atomic E-state index is 0.0675. The third-order valence-corrected chi connectivity index (χ3v) is 4.61. The molecule has 0 saturated carbocycles. The van der Waals surface area contributed by atoms with Gasteiger partial charge in [-0.25, -0.2) is 0 Å². The molecular formula is C21H23N3O2. The van der Waals surface area contributed by atoms with E-state index in [0.29, 0.717) is 5.76 Å². The van der Waals surface area contributed by atoms with Crippen molar-refractivity contribution in [3.8, 4) is 0 Å². The topological polar surface area (TPSA) is 68.0 Å². The molecule has 0 bridgehead atoms. The lowest BCUT2D eigenvalue weighted by Crippen LogP contribution is -2.31. The average molecular weight is 349 g/mol. The van der Waals surface area contributed by atoms with Crippen LogP contribution in [0.5, 0.6) is 0 Å². The van der Waals surface area contributed by atoms with Gasteiger partial charge in [-0.3, -0.25) is 9.78 Å². The van der Waals surface area contributed by atoms with E-state index in [4.69, 9.17) is 4.52 Å². The van der Waals surface area contributed by atoms with Crippen molar-refractivity contribution in [2.45, 2.75) is 40.2 Å². The molecule has 0 aliphatic carbocycles. The van der Waals surface area contributed by atoms with E-state index >= 15 is 0 Å². The first-order valence-corrected chi connectivity index (χ1v) is 8.64. The molecular weight excluding hydrogens is 326 g/mol. The van der Waals surface area contributed by atoms with Crippen LogP contribution in [0.25, 0.3) is 0 Å². The average Bonchev–Trinajstić information content (AvgIpc) is 2.94. The van der Waals surface area contributed by atoms with Gasteiger partial charge in [-0.2, -0.15) is 0 Å². The van der Waals surface area contributed by atoms with Gasteiger partial charge in [0.2, 0.25) is 5.91 Å². The molecule has 0 aliphatic heterocycles. The van der Waals surface area contributed by atoms with Crippen LogP contribution >= 0.6 is 0 Å². The summed E-state index contributed by atoms with van der Waals surface area (Å²) in [6, 6.07) is 9.92. The van der Waals surface area contributed by atoms with Crippen LogP contribution < -0.4 is 5.32 Å². The predicted molar refractivity (Wildman–Crippen MR) is 99.8 cm³/mol. The third-order valence-electron chi connectivity index (χ3n) is 4.61. The molecule has 1 aromatic carbocycles. The van der Waals surface area contributed by atoms with Gasteiger partial charge in [0.1, 0.15) is 5.76 Å². The number of pyridine rings is 1. The van der Waals surface area contributed by atoms with Gasteiger partial charge in [0.05, 0.1) is 18.2 Å². The fourth-order valence-electron chi connectivity index (χ4n) is 3.09. The first-order valence-electron chi connectivity index (χ1n) is 8.64. The van der Waals surface area contributed by atoms with Crippen LogP contribution in [0, 0.1) is 27.7 Å². The zero-order chi connectivity index (χ0) is 18.7. The third kappa shape index (κ3) is 3.82. The summed E-state index contributed by atoms with van der Waals surface area (Å²) in [5.41, 5.74) is 5.98. The quantitative estimate of drug-likeness (QED) is 0.762. The summed E-state index contributed by atoms with van der Waals surface area (Å²) in [6.07, 6.45) is 3.73. The highest BCUT2D eigenvalue weighted by Gasteiger charge is 2.21. The van der Waals surface area contributed by atoms with Crippen LogP contribution in [0.4, 0.5) is 0 Å². The van der Waals surface area contributed by atoms with Crippen LogP contribution in [0.15, 0.2) is 47.2 Å². The molecule has 0 fully saturated rings. The van der Waals surface area contributed by atoms with Crippen LogP contribution in [0.1, 0.15) is 45.3 Å². The Morgan fingerprint density at radius 2 is 1.85 bits per heavy atom. The van der Waals surface area contributed by atoms with Crippen LogP contribution in [0.3, 0.4) is 0 Å². The van der Waals surface area contributed by atoms with E-state index in [1.54, 1.807) is 12.4 Å². The number of aromatic nitrogens is 2. The standard InChI is InChI=1S/C21H23N3O2/c1-13-5-6-14(2)18(11-13)21(17-7-9-22-10-8-17)23-20(25)12-19-15(3)24-26-16(19)4/h5-11,21H,12H2,1-4H3,(H,23,25). The number of carbonyl (C=O) groups excluding carboxylic acids is 1. The zero-order valence-electron chi connectivity index (χ0n) is 15.5. The Morgan fingerprint density at radius 3 is 2.50 bits per heavy atom. The van der Waals surface area contributed by atoms with Gasteiger partial charge in [0, 0.05) is 18.0 Å². The number of nitrogens with one attached hydrogen (secondary N) is 1. The summed E-state index contributed by atoms with van der Waals surface area (Å²) in [4.78, 5) is 16.9. The largest absolute Gasteiger partial charge is 0.361 e. The molecule has 26 heavy (non-hydrogen) atoms. The number of hydrogen-bond acceptors (Lipinski definition) is 4. The van der Waals surface area contributed by atoms with Crippen molar-refractivity contribution in [2.75, 3.05) is 0 Å². The Kier molecular flexibility index (Phi) is 5.16. The fourth-order valence-corrected chi connectivity index (χ4v) is 3.09. The Hall–Kier alpha value is -2.95. The molecule has 0 saturated heterocycles. The monoisotopic (exact) mass is 349 g/mol. The lowest BCUT2D eigenvalue weighted by molar-refractivity contribution is -0.121. The SMILES string of the molecule is Cc1ccc(C)c(C(NC(=O)Cc2c(C)noc2C)c2ccncc2)c1. The van der Waals surface area contributed by atoms with Crippen molar-refractivity contribution < 1.29 is 9.32 Å². The van der Waals surface area contributed by atoms with Crippen LogP contribution in [-0.4, -0.2) is 16.0 Å². The first kappa shape index (κ1) is 17.9. The minimum Gasteiger partial charge on any atom is -0.361 e. The molecule has 3 aromatic rings. The lowest BCUT2D eigenvalue weighted by atomic mass is 9.93. The number of hydrogen-bond donors (Lipinski definition) is 1. The molecule has 2 aromatic heterocycles. The molecule has 0 aliphatic rings. The summed E-state index contributed by atoms with van der Waals surface area (Å²) < 4.78 is 5.17. The van der Waals surface area contributed by atoms with Crippen LogP contribution in [0.2, 0.25) is 0 Å². The van der Waals surface area contributed by atoms with Gasteiger partial charge in [-0.1, -0.05) is 28.9 Å². The van der Waals surface area contributed by atoms with E-state index in [9.17, 15) is 4.79 Å². The Balaban J connectivity index is 1.92. The second kappa shape index (κ2) is 7.52. The van der Waals surface area contributed by atoms with Gasteiger partial charge in [-0.05, 0) is 56.5 Å². The molecule has 134 valence electrons. The second-order valence-corrected chi connectivity index (χ2v) is 6.62. The summed E-state index contributed by atoms with van der Waals surface area (Å²) in [5, 5.41) is 7.10. The number of aryl methyl sites for hydroxylation is 4. The van der Waals surface area contributed by atoms with Gasteiger partial charge in [-0.15, -0.1) is 0 Å². The second-order valence-electron chi connectivity index (χ2n) is 6.62. The van der Waals surface area contributed by atoms with Crippen molar-refractivity contribution in [1.82, 2.24) is 15.5 Å². The number of carbonyl (C=O) groups is 1. The minimum atomic E-state index is -0.231. The Bertz CT molecular complexity index is 897. The van der Waals surface area contributed by atoms with E-state index in [0.717, 1.165) is 33.5 Å². The highest BCUT2D eigenvalue weighted by molar-refractivity contribution is 5.80. The predicted octanol–water partition coefficient (Wildman–Crippen LogP) is 3.75. The van der Waals surface area contributed by atoms with E-state index < -0.39 is 0 Å². The number of amides is 1. The van der Waals surface area contributed by atoms with E-state index in [2.05, 4.69) is 47.5 Å². The Morgan fingerprint density at radius 1 is 1.12 bits per heavy atom. The summed E-state index contributed by atoms with van der Waals surface area (Å²) in [6.45, 7) is 7.79. The molecule has 0 spiro atoms. The molecule has 3 rings (SSSR count). The summed E-state index contributed by atoms with van der Waals surface area (Å²) in [7, 11) is 0. The van der Waals surface area contributed by atoms with Gasteiger partial charge >= 0.3 is 0 Å². The number of benzene rings is 1. The van der Waals surface area contributed by atoms with Crippen molar-refractivity contribution in [1.29, 1.82) is 0 Å².